The Morgan fingerprint density at radius 2 is 1.54 bits per heavy atom. The molecule has 0 bridgehead atoms. The Morgan fingerprint density at radius 1 is 1.08 bits per heavy atom. The summed E-state index contributed by atoms with van der Waals surface area (Å²) in [6.07, 6.45) is 2.41. The normalized spacial score (nSPS) is 15.9. The molecule has 80 valence electrons. The minimum absolute atomic E-state index is 0.258. The molecule has 1 N–H and O–H groups in total. The molecule has 1 nitrogen and oxygen atoms in total. The van der Waals surface area contributed by atoms with Crippen LogP contribution in [0.2, 0.25) is 0 Å². The van der Waals surface area contributed by atoms with Gasteiger partial charge in [0.1, 0.15) is 0 Å². The summed E-state index contributed by atoms with van der Waals surface area (Å²) in [4.78, 5) is 0. The molecule has 0 aromatic rings. The van der Waals surface area contributed by atoms with E-state index in [9.17, 15) is 0 Å². The van der Waals surface area contributed by atoms with Crippen LogP contribution in [0.5, 0.6) is 0 Å². The fourth-order valence-corrected chi connectivity index (χ4v) is 2.15. The van der Waals surface area contributed by atoms with Crippen molar-refractivity contribution in [1.29, 1.82) is 0 Å². The minimum atomic E-state index is 0.258. The smallest absolute Gasteiger partial charge is 0.0132 e. The minimum Gasteiger partial charge on any atom is -0.309 e. The zero-order valence-electron chi connectivity index (χ0n) is 10.5. The van der Waals surface area contributed by atoms with Crippen molar-refractivity contribution in [1.82, 2.24) is 5.32 Å². The van der Waals surface area contributed by atoms with E-state index < -0.39 is 0 Å². The molecule has 0 saturated heterocycles. The lowest BCUT2D eigenvalue weighted by Crippen LogP contribution is -2.46. The van der Waals surface area contributed by atoms with Crippen LogP contribution in [0.1, 0.15) is 61.3 Å². The van der Waals surface area contributed by atoms with Gasteiger partial charge in [-0.1, -0.05) is 27.7 Å². The number of rotatable bonds is 4. The van der Waals surface area contributed by atoms with Crippen LogP contribution in [-0.2, 0) is 0 Å². The summed E-state index contributed by atoms with van der Waals surface area (Å²) in [5.74, 6) is 0. The van der Waals surface area contributed by atoms with Gasteiger partial charge < -0.3 is 5.32 Å². The van der Waals surface area contributed by atoms with Crippen LogP contribution in [0.15, 0.2) is 0 Å². The zero-order valence-corrected chi connectivity index (χ0v) is 10.5. The molecule has 0 spiro atoms. The first-order chi connectivity index (χ1) is 5.66. The molecule has 0 amide bonds. The summed E-state index contributed by atoms with van der Waals surface area (Å²) in [6, 6.07) is 0.623. The van der Waals surface area contributed by atoms with Crippen LogP contribution >= 0.6 is 0 Å². The van der Waals surface area contributed by atoms with Gasteiger partial charge in [-0.25, -0.2) is 0 Å². The van der Waals surface area contributed by atoms with Crippen LogP contribution in [0.25, 0.3) is 0 Å². The van der Waals surface area contributed by atoms with E-state index in [-0.39, 0.29) is 5.54 Å². The predicted octanol–water partition coefficient (Wildman–Crippen LogP) is 3.59. The quantitative estimate of drug-likeness (QED) is 0.706. The first-order valence-electron chi connectivity index (χ1n) is 5.44. The van der Waals surface area contributed by atoms with Gasteiger partial charge in [-0.2, -0.15) is 0 Å². The first kappa shape index (κ1) is 13.0. The van der Waals surface area contributed by atoms with E-state index >= 15 is 0 Å². The van der Waals surface area contributed by atoms with Crippen LogP contribution < -0.4 is 5.32 Å². The molecule has 0 radical (unpaired) electrons. The van der Waals surface area contributed by atoms with Crippen molar-refractivity contribution in [3.05, 3.63) is 0 Å². The van der Waals surface area contributed by atoms with Crippen molar-refractivity contribution in [2.45, 2.75) is 72.9 Å². The average molecular weight is 185 g/mol. The van der Waals surface area contributed by atoms with Crippen LogP contribution in [0.4, 0.5) is 0 Å². The topological polar surface area (TPSA) is 12.0 Å². The third-order valence-corrected chi connectivity index (χ3v) is 2.22. The van der Waals surface area contributed by atoms with Crippen molar-refractivity contribution < 1.29 is 0 Å². The zero-order chi connectivity index (χ0) is 10.7. The Balaban J connectivity index is 4.08. The summed E-state index contributed by atoms with van der Waals surface area (Å²) in [6.45, 7) is 16.0. The lowest BCUT2D eigenvalue weighted by atomic mass is 9.81. The van der Waals surface area contributed by atoms with E-state index in [4.69, 9.17) is 0 Å². The maximum Gasteiger partial charge on any atom is 0.0132 e. The highest BCUT2D eigenvalue weighted by Gasteiger charge is 2.25. The molecular formula is C12H27N. The van der Waals surface area contributed by atoms with Gasteiger partial charge in [0.15, 0.2) is 0 Å². The van der Waals surface area contributed by atoms with Crippen molar-refractivity contribution in [3.8, 4) is 0 Å². The molecule has 0 aromatic heterocycles. The van der Waals surface area contributed by atoms with E-state index in [0.29, 0.717) is 11.5 Å². The molecule has 1 atom stereocenters. The molecule has 0 fully saturated rings. The highest BCUT2D eigenvalue weighted by atomic mass is 15.0. The van der Waals surface area contributed by atoms with E-state index in [1.54, 1.807) is 0 Å². The molecule has 0 rings (SSSR count). The van der Waals surface area contributed by atoms with Gasteiger partial charge in [-0.05, 0) is 39.0 Å². The lowest BCUT2D eigenvalue weighted by molar-refractivity contribution is 0.224. The van der Waals surface area contributed by atoms with E-state index in [1.165, 1.54) is 12.8 Å². The van der Waals surface area contributed by atoms with Gasteiger partial charge in [-0.3, -0.25) is 0 Å². The molecule has 0 heterocycles. The third-order valence-electron chi connectivity index (χ3n) is 2.22. The Morgan fingerprint density at radius 3 is 1.85 bits per heavy atom. The fourth-order valence-electron chi connectivity index (χ4n) is 2.15. The highest BCUT2D eigenvalue weighted by Crippen LogP contribution is 2.27. The van der Waals surface area contributed by atoms with E-state index in [0.717, 1.165) is 0 Å². The molecule has 0 aliphatic carbocycles. The molecular weight excluding hydrogens is 158 g/mol. The van der Waals surface area contributed by atoms with Crippen molar-refractivity contribution in [2.24, 2.45) is 5.41 Å². The maximum absolute atomic E-state index is 3.66. The van der Waals surface area contributed by atoms with Crippen molar-refractivity contribution in [3.63, 3.8) is 0 Å². The SMILES string of the molecule is CCC(C)NC(C)(C)CC(C)(C)C. The van der Waals surface area contributed by atoms with Gasteiger partial charge in [-0.15, -0.1) is 0 Å². The number of hydrogen-bond acceptors (Lipinski definition) is 1. The van der Waals surface area contributed by atoms with Crippen LogP contribution in [-0.4, -0.2) is 11.6 Å². The van der Waals surface area contributed by atoms with Crippen LogP contribution in [0.3, 0.4) is 0 Å². The second kappa shape index (κ2) is 4.45. The van der Waals surface area contributed by atoms with Gasteiger partial charge in [0.2, 0.25) is 0 Å². The Kier molecular flexibility index (Phi) is 4.44. The fraction of sp³-hybridized carbons (Fsp3) is 1.00. The lowest BCUT2D eigenvalue weighted by Gasteiger charge is -2.35. The molecule has 1 unspecified atom stereocenters. The number of hydrogen-bond donors (Lipinski definition) is 1. The summed E-state index contributed by atoms with van der Waals surface area (Å²) in [5.41, 5.74) is 0.664. The van der Waals surface area contributed by atoms with Gasteiger partial charge >= 0.3 is 0 Å². The first-order valence-corrected chi connectivity index (χ1v) is 5.44. The number of nitrogens with one attached hydrogen (secondary N) is 1. The maximum atomic E-state index is 3.66. The third kappa shape index (κ3) is 7.06. The monoisotopic (exact) mass is 185 g/mol. The van der Waals surface area contributed by atoms with Gasteiger partial charge in [0, 0.05) is 11.6 Å². The summed E-state index contributed by atoms with van der Waals surface area (Å²) in [7, 11) is 0. The van der Waals surface area contributed by atoms with Crippen LogP contribution in [0, 0.1) is 5.41 Å². The second-order valence-corrected chi connectivity index (χ2v) is 6.07. The van der Waals surface area contributed by atoms with Gasteiger partial charge in [0.25, 0.3) is 0 Å². The van der Waals surface area contributed by atoms with E-state index in [2.05, 4.69) is 53.8 Å². The molecule has 1 heteroatoms. The Bertz CT molecular complexity index is 142. The standard InChI is InChI=1S/C12H27N/c1-8-10(2)13-12(6,7)9-11(3,4)5/h10,13H,8-9H2,1-7H3. The largest absolute Gasteiger partial charge is 0.309 e. The van der Waals surface area contributed by atoms with Crippen molar-refractivity contribution in [2.75, 3.05) is 0 Å². The summed E-state index contributed by atoms with van der Waals surface area (Å²) in [5, 5.41) is 3.66. The molecule has 13 heavy (non-hydrogen) atoms. The Labute approximate surface area is 84.3 Å². The Hall–Kier alpha value is -0.0400. The van der Waals surface area contributed by atoms with E-state index in [1.807, 2.05) is 0 Å². The molecule has 0 aromatic carbocycles. The molecule has 0 aliphatic heterocycles. The highest BCUT2D eigenvalue weighted by molar-refractivity contribution is 4.84. The van der Waals surface area contributed by atoms with Gasteiger partial charge in [0.05, 0.1) is 0 Å². The predicted molar refractivity (Wildman–Crippen MR) is 61.0 cm³/mol. The average Bonchev–Trinajstić information content (AvgIpc) is 1.80. The molecule has 0 saturated carbocycles. The summed E-state index contributed by atoms with van der Waals surface area (Å²) >= 11 is 0. The second-order valence-electron chi connectivity index (χ2n) is 6.07. The molecule has 0 aliphatic rings. The van der Waals surface area contributed by atoms with Crippen molar-refractivity contribution >= 4 is 0 Å². The summed E-state index contributed by atoms with van der Waals surface area (Å²) < 4.78 is 0.